The predicted octanol–water partition coefficient (Wildman–Crippen LogP) is 1.92. The van der Waals surface area contributed by atoms with Gasteiger partial charge in [0.2, 0.25) is 0 Å². The van der Waals surface area contributed by atoms with E-state index >= 15 is 0 Å². The first-order chi connectivity index (χ1) is 9.08. The number of carboxylic acid groups (broad SMARTS) is 1. The first kappa shape index (κ1) is 13.8. The smallest absolute Gasteiger partial charge is 0.320 e. The van der Waals surface area contributed by atoms with Crippen molar-refractivity contribution >= 4 is 5.97 Å². The third-order valence-electron chi connectivity index (χ3n) is 3.59. The van der Waals surface area contributed by atoms with Gasteiger partial charge in [-0.3, -0.25) is 14.7 Å². The Kier molecular flexibility index (Phi) is 4.37. The zero-order valence-corrected chi connectivity index (χ0v) is 11.2. The van der Waals surface area contributed by atoms with E-state index in [0.29, 0.717) is 18.7 Å². The molecule has 0 aromatic carbocycles. The van der Waals surface area contributed by atoms with Crippen LogP contribution in [0.2, 0.25) is 0 Å². The Balaban J connectivity index is 2.18. The Morgan fingerprint density at radius 1 is 1.42 bits per heavy atom. The van der Waals surface area contributed by atoms with Gasteiger partial charge in [0.05, 0.1) is 5.69 Å². The minimum atomic E-state index is -0.783. The Bertz CT molecular complexity index is 462. The lowest BCUT2D eigenvalue weighted by molar-refractivity contribution is -0.143. The van der Waals surface area contributed by atoms with Crippen LogP contribution in [0.15, 0.2) is 12.1 Å². The van der Waals surface area contributed by atoms with Crippen molar-refractivity contribution in [3.8, 4) is 5.75 Å². The number of aryl methyl sites for hydroxylation is 1. The maximum absolute atomic E-state index is 11.3. The Labute approximate surface area is 112 Å². The van der Waals surface area contributed by atoms with Crippen molar-refractivity contribution in [2.45, 2.75) is 45.2 Å². The summed E-state index contributed by atoms with van der Waals surface area (Å²) >= 11 is 0. The van der Waals surface area contributed by atoms with Gasteiger partial charge in [-0.05, 0) is 38.4 Å². The van der Waals surface area contributed by atoms with E-state index in [1.165, 1.54) is 0 Å². The quantitative estimate of drug-likeness (QED) is 0.872. The molecular weight excluding hydrogens is 244 g/mol. The average Bonchev–Trinajstić information content (AvgIpc) is 2.59. The van der Waals surface area contributed by atoms with Gasteiger partial charge >= 0.3 is 5.97 Å². The highest BCUT2D eigenvalue weighted by atomic mass is 16.4. The molecule has 1 aliphatic heterocycles. The van der Waals surface area contributed by atoms with E-state index in [-0.39, 0.29) is 5.75 Å². The molecule has 0 radical (unpaired) electrons. The van der Waals surface area contributed by atoms with E-state index in [1.54, 1.807) is 12.1 Å². The number of hydrogen-bond acceptors (Lipinski definition) is 4. The average molecular weight is 264 g/mol. The van der Waals surface area contributed by atoms with Crippen molar-refractivity contribution in [3.05, 3.63) is 23.5 Å². The summed E-state index contributed by atoms with van der Waals surface area (Å²) in [5, 5.41) is 19.1. The lowest BCUT2D eigenvalue weighted by Gasteiger charge is -2.26. The number of aromatic nitrogens is 1. The van der Waals surface area contributed by atoms with E-state index in [1.807, 2.05) is 11.8 Å². The van der Waals surface area contributed by atoms with Crippen molar-refractivity contribution in [1.29, 1.82) is 0 Å². The summed E-state index contributed by atoms with van der Waals surface area (Å²) < 4.78 is 0. The van der Waals surface area contributed by atoms with Crippen LogP contribution in [0.25, 0.3) is 0 Å². The second kappa shape index (κ2) is 6.02. The first-order valence-electron chi connectivity index (χ1n) is 6.70. The Morgan fingerprint density at radius 3 is 2.95 bits per heavy atom. The third kappa shape index (κ3) is 3.44. The van der Waals surface area contributed by atoms with Gasteiger partial charge in [0.1, 0.15) is 11.8 Å². The first-order valence-corrected chi connectivity index (χ1v) is 6.70. The van der Waals surface area contributed by atoms with Crippen molar-refractivity contribution in [2.24, 2.45) is 0 Å². The number of pyridine rings is 1. The lowest BCUT2D eigenvalue weighted by atomic mass is 10.1. The fourth-order valence-electron chi connectivity index (χ4n) is 2.55. The van der Waals surface area contributed by atoms with Gasteiger partial charge in [0, 0.05) is 12.2 Å². The van der Waals surface area contributed by atoms with E-state index in [0.717, 1.165) is 31.5 Å². The molecule has 1 fully saturated rings. The number of carbonyl (C=O) groups is 1. The third-order valence-corrected chi connectivity index (χ3v) is 3.59. The number of rotatable bonds is 3. The van der Waals surface area contributed by atoms with Crippen LogP contribution in [0, 0.1) is 6.92 Å². The van der Waals surface area contributed by atoms with E-state index < -0.39 is 12.0 Å². The van der Waals surface area contributed by atoms with E-state index in [4.69, 9.17) is 0 Å². The predicted molar refractivity (Wildman–Crippen MR) is 70.9 cm³/mol. The van der Waals surface area contributed by atoms with Gasteiger partial charge in [-0.15, -0.1) is 0 Å². The summed E-state index contributed by atoms with van der Waals surface area (Å²) in [6, 6.07) is 2.89. The number of carboxylic acids is 1. The minimum absolute atomic E-state index is 0.138. The standard InChI is InChI=1S/C14H20N2O3/c1-10-6-7-13(17)11(15-10)9-16-8-4-2-3-5-12(16)14(18)19/h6-7,12,17H,2-5,8-9H2,1H3,(H,18,19). The van der Waals surface area contributed by atoms with Crippen molar-refractivity contribution in [3.63, 3.8) is 0 Å². The van der Waals surface area contributed by atoms with Crippen LogP contribution in [0.5, 0.6) is 5.75 Å². The lowest BCUT2D eigenvalue weighted by Crippen LogP contribution is -2.40. The molecule has 1 aromatic heterocycles. The second-order valence-electron chi connectivity index (χ2n) is 5.09. The van der Waals surface area contributed by atoms with Crippen LogP contribution < -0.4 is 0 Å². The maximum Gasteiger partial charge on any atom is 0.320 e. The molecule has 5 nitrogen and oxygen atoms in total. The Hall–Kier alpha value is -1.62. The topological polar surface area (TPSA) is 73.7 Å². The molecule has 19 heavy (non-hydrogen) atoms. The van der Waals surface area contributed by atoms with Crippen LogP contribution >= 0.6 is 0 Å². The molecule has 1 unspecified atom stereocenters. The second-order valence-corrected chi connectivity index (χ2v) is 5.09. The van der Waals surface area contributed by atoms with Crippen molar-refractivity contribution < 1.29 is 15.0 Å². The molecule has 0 spiro atoms. The zero-order chi connectivity index (χ0) is 13.8. The number of nitrogens with zero attached hydrogens (tertiary/aromatic N) is 2. The molecule has 1 aromatic rings. The fraction of sp³-hybridized carbons (Fsp3) is 0.571. The molecule has 2 heterocycles. The molecule has 1 aliphatic rings. The monoisotopic (exact) mass is 264 g/mol. The highest BCUT2D eigenvalue weighted by Crippen LogP contribution is 2.22. The highest BCUT2D eigenvalue weighted by molar-refractivity contribution is 5.73. The van der Waals surface area contributed by atoms with Crippen LogP contribution in [-0.2, 0) is 11.3 Å². The van der Waals surface area contributed by atoms with Crippen molar-refractivity contribution in [2.75, 3.05) is 6.54 Å². The number of hydrogen-bond donors (Lipinski definition) is 2. The molecule has 2 rings (SSSR count). The number of likely N-dealkylation sites (tertiary alicyclic amines) is 1. The molecule has 0 saturated carbocycles. The largest absolute Gasteiger partial charge is 0.506 e. The number of aromatic hydroxyl groups is 1. The van der Waals surface area contributed by atoms with Gasteiger partial charge in [0.15, 0.2) is 0 Å². The summed E-state index contributed by atoms with van der Waals surface area (Å²) in [5.41, 5.74) is 1.39. The summed E-state index contributed by atoms with van der Waals surface area (Å²) in [7, 11) is 0. The van der Waals surface area contributed by atoms with Crippen LogP contribution in [0.1, 0.15) is 37.1 Å². The van der Waals surface area contributed by atoms with Gasteiger partial charge < -0.3 is 10.2 Å². The molecule has 1 saturated heterocycles. The van der Waals surface area contributed by atoms with Gasteiger partial charge in [-0.2, -0.15) is 0 Å². The van der Waals surface area contributed by atoms with Crippen molar-refractivity contribution in [1.82, 2.24) is 9.88 Å². The summed E-state index contributed by atoms with van der Waals surface area (Å²) in [4.78, 5) is 17.6. The summed E-state index contributed by atoms with van der Waals surface area (Å²) in [6.07, 6.45) is 3.67. The molecule has 5 heteroatoms. The van der Waals surface area contributed by atoms with Crippen LogP contribution in [0.3, 0.4) is 0 Å². The molecule has 0 amide bonds. The molecule has 2 N–H and O–H groups in total. The highest BCUT2D eigenvalue weighted by Gasteiger charge is 2.27. The fourth-order valence-corrected chi connectivity index (χ4v) is 2.55. The SMILES string of the molecule is Cc1ccc(O)c(CN2CCCCCC2C(=O)O)n1. The van der Waals surface area contributed by atoms with Crippen LogP contribution in [-0.4, -0.2) is 38.7 Å². The molecule has 1 atom stereocenters. The van der Waals surface area contributed by atoms with Gasteiger partial charge in [-0.1, -0.05) is 12.8 Å². The van der Waals surface area contributed by atoms with E-state index in [9.17, 15) is 15.0 Å². The maximum atomic E-state index is 11.3. The number of aliphatic carboxylic acids is 1. The normalized spacial score (nSPS) is 21.0. The Morgan fingerprint density at radius 2 is 2.21 bits per heavy atom. The zero-order valence-electron chi connectivity index (χ0n) is 11.2. The van der Waals surface area contributed by atoms with Gasteiger partial charge in [-0.25, -0.2) is 0 Å². The summed E-state index contributed by atoms with van der Waals surface area (Å²) in [5.74, 6) is -0.645. The minimum Gasteiger partial charge on any atom is -0.506 e. The molecule has 0 bridgehead atoms. The molecular formula is C14H20N2O3. The molecule has 104 valence electrons. The van der Waals surface area contributed by atoms with Gasteiger partial charge in [0.25, 0.3) is 0 Å². The van der Waals surface area contributed by atoms with E-state index in [2.05, 4.69) is 4.98 Å². The summed E-state index contributed by atoms with van der Waals surface area (Å²) in [6.45, 7) is 3.00. The molecule has 0 aliphatic carbocycles. The van der Waals surface area contributed by atoms with Crippen LogP contribution in [0.4, 0.5) is 0 Å².